The number of nitrogens with one attached hydrogen (secondary N) is 1. The zero-order chi connectivity index (χ0) is 20.4. The number of aryl methyl sites for hydroxylation is 3. The average Bonchev–Trinajstić information content (AvgIpc) is 3.06. The fourth-order valence-electron chi connectivity index (χ4n) is 3.63. The SMILES string of the molecule is Cc1cccc(Nc2cncc(C3CCN(C(=O)c4oc(C)nc4C)CC3)n2)n1. The molecule has 0 bridgehead atoms. The molecule has 0 radical (unpaired) electrons. The van der Waals surface area contributed by atoms with Gasteiger partial charge in [-0.3, -0.25) is 9.78 Å². The van der Waals surface area contributed by atoms with Gasteiger partial charge in [-0.1, -0.05) is 6.07 Å². The monoisotopic (exact) mass is 392 g/mol. The van der Waals surface area contributed by atoms with Crippen molar-refractivity contribution in [3.05, 3.63) is 59.3 Å². The summed E-state index contributed by atoms with van der Waals surface area (Å²) in [6.07, 6.45) is 5.17. The Bertz CT molecular complexity index is 1020. The molecule has 3 aromatic heterocycles. The van der Waals surface area contributed by atoms with Crippen molar-refractivity contribution in [2.24, 2.45) is 0 Å². The van der Waals surface area contributed by atoms with E-state index in [2.05, 4.69) is 20.3 Å². The molecule has 29 heavy (non-hydrogen) atoms. The maximum absolute atomic E-state index is 12.7. The number of anilines is 2. The summed E-state index contributed by atoms with van der Waals surface area (Å²) in [6, 6.07) is 5.80. The molecular weight excluding hydrogens is 368 g/mol. The van der Waals surface area contributed by atoms with Crippen molar-refractivity contribution in [3.8, 4) is 0 Å². The van der Waals surface area contributed by atoms with Crippen LogP contribution in [0.25, 0.3) is 0 Å². The number of nitrogens with zero attached hydrogens (tertiary/aromatic N) is 5. The highest BCUT2D eigenvalue weighted by atomic mass is 16.4. The maximum Gasteiger partial charge on any atom is 0.291 e. The topological polar surface area (TPSA) is 97.0 Å². The number of carbonyl (C=O) groups excluding carboxylic acids is 1. The van der Waals surface area contributed by atoms with Crippen molar-refractivity contribution >= 4 is 17.5 Å². The van der Waals surface area contributed by atoms with Crippen LogP contribution in [0.4, 0.5) is 11.6 Å². The second-order valence-corrected chi connectivity index (χ2v) is 7.33. The fraction of sp³-hybridized carbons (Fsp3) is 0.381. The molecule has 1 aliphatic rings. The third-order valence-electron chi connectivity index (χ3n) is 5.10. The summed E-state index contributed by atoms with van der Waals surface area (Å²) >= 11 is 0. The van der Waals surface area contributed by atoms with Crippen LogP contribution in [0.2, 0.25) is 0 Å². The number of hydrogen-bond donors (Lipinski definition) is 1. The molecule has 150 valence electrons. The quantitative estimate of drug-likeness (QED) is 0.725. The van der Waals surface area contributed by atoms with E-state index in [1.807, 2.05) is 30.0 Å². The van der Waals surface area contributed by atoms with E-state index in [1.165, 1.54) is 0 Å². The van der Waals surface area contributed by atoms with Crippen LogP contribution in [0.3, 0.4) is 0 Å². The Hall–Kier alpha value is -3.29. The standard InChI is InChI=1S/C21H24N6O2/c1-13-5-4-6-18(23-13)26-19-12-22-11-17(25-19)16-7-9-27(10-8-16)21(28)20-14(2)24-15(3)29-20/h4-6,11-12,16H,7-10H2,1-3H3,(H,23,25,26). The molecule has 0 aliphatic carbocycles. The molecule has 4 heterocycles. The number of hydrogen-bond acceptors (Lipinski definition) is 7. The van der Waals surface area contributed by atoms with Crippen LogP contribution < -0.4 is 5.32 Å². The lowest BCUT2D eigenvalue weighted by Crippen LogP contribution is -2.38. The maximum atomic E-state index is 12.7. The predicted molar refractivity (Wildman–Crippen MR) is 108 cm³/mol. The molecule has 1 saturated heterocycles. The van der Waals surface area contributed by atoms with Gasteiger partial charge in [0.25, 0.3) is 5.91 Å². The minimum Gasteiger partial charge on any atom is -0.436 e. The van der Waals surface area contributed by atoms with E-state index in [9.17, 15) is 4.79 Å². The average molecular weight is 392 g/mol. The van der Waals surface area contributed by atoms with E-state index in [0.29, 0.717) is 36.3 Å². The first-order valence-corrected chi connectivity index (χ1v) is 9.75. The van der Waals surface area contributed by atoms with Crippen LogP contribution in [0, 0.1) is 20.8 Å². The van der Waals surface area contributed by atoms with E-state index >= 15 is 0 Å². The van der Waals surface area contributed by atoms with E-state index < -0.39 is 0 Å². The molecule has 1 amide bonds. The highest BCUT2D eigenvalue weighted by Gasteiger charge is 2.28. The number of amides is 1. The summed E-state index contributed by atoms with van der Waals surface area (Å²) in [5.41, 5.74) is 2.51. The van der Waals surface area contributed by atoms with Gasteiger partial charge in [-0.05, 0) is 38.8 Å². The molecule has 0 aromatic carbocycles. The third-order valence-corrected chi connectivity index (χ3v) is 5.10. The van der Waals surface area contributed by atoms with Crippen molar-refractivity contribution in [3.63, 3.8) is 0 Å². The number of aromatic nitrogens is 4. The summed E-state index contributed by atoms with van der Waals surface area (Å²) in [7, 11) is 0. The van der Waals surface area contributed by atoms with Gasteiger partial charge in [0.05, 0.1) is 17.6 Å². The molecular formula is C21H24N6O2. The molecule has 0 spiro atoms. The number of likely N-dealkylation sites (tertiary alicyclic amines) is 1. The van der Waals surface area contributed by atoms with Crippen LogP contribution >= 0.6 is 0 Å². The lowest BCUT2D eigenvalue weighted by atomic mass is 9.93. The molecule has 4 rings (SSSR count). The number of oxazole rings is 1. The van der Waals surface area contributed by atoms with E-state index in [-0.39, 0.29) is 11.8 Å². The van der Waals surface area contributed by atoms with Gasteiger partial charge >= 0.3 is 0 Å². The molecule has 1 N–H and O–H groups in total. The number of piperidine rings is 1. The first-order valence-electron chi connectivity index (χ1n) is 9.75. The first-order chi connectivity index (χ1) is 14.0. The van der Waals surface area contributed by atoms with Crippen molar-refractivity contribution in [1.82, 2.24) is 24.8 Å². The predicted octanol–water partition coefficient (Wildman–Crippen LogP) is 3.55. The molecule has 8 nitrogen and oxygen atoms in total. The summed E-state index contributed by atoms with van der Waals surface area (Å²) in [5, 5.41) is 3.21. The summed E-state index contributed by atoms with van der Waals surface area (Å²) in [5.74, 6) is 2.45. The van der Waals surface area contributed by atoms with Gasteiger partial charge in [0, 0.05) is 37.8 Å². The molecule has 0 saturated carbocycles. The van der Waals surface area contributed by atoms with Crippen LogP contribution in [-0.2, 0) is 0 Å². The third kappa shape index (κ3) is 4.26. The number of rotatable bonds is 4. The highest BCUT2D eigenvalue weighted by Crippen LogP contribution is 2.28. The lowest BCUT2D eigenvalue weighted by Gasteiger charge is -2.31. The molecule has 0 unspecified atom stereocenters. The summed E-state index contributed by atoms with van der Waals surface area (Å²) in [4.78, 5) is 32.2. The van der Waals surface area contributed by atoms with Crippen LogP contribution in [-0.4, -0.2) is 43.8 Å². The Labute approximate surface area is 169 Å². The van der Waals surface area contributed by atoms with E-state index in [4.69, 9.17) is 9.40 Å². The Morgan fingerprint density at radius 1 is 1.07 bits per heavy atom. The fourth-order valence-corrected chi connectivity index (χ4v) is 3.63. The number of pyridine rings is 1. The number of carbonyl (C=O) groups is 1. The minimum absolute atomic E-state index is 0.0893. The smallest absolute Gasteiger partial charge is 0.291 e. The van der Waals surface area contributed by atoms with Gasteiger partial charge in [-0.25, -0.2) is 15.0 Å². The Kier molecular flexibility index (Phi) is 5.24. The van der Waals surface area contributed by atoms with Gasteiger partial charge in [0.1, 0.15) is 11.6 Å². The van der Waals surface area contributed by atoms with Gasteiger partial charge in [-0.15, -0.1) is 0 Å². The highest BCUT2D eigenvalue weighted by molar-refractivity contribution is 5.92. The molecule has 8 heteroatoms. The minimum atomic E-state index is -0.0893. The van der Waals surface area contributed by atoms with Crippen LogP contribution in [0.15, 0.2) is 35.0 Å². The van der Waals surface area contributed by atoms with E-state index in [0.717, 1.165) is 30.0 Å². The Morgan fingerprint density at radius 3 is 2.55 bits per heavy atom. The summed E-state index contributed by atoms with van der Waals surface area (Å²) < 4.78 is 5.48. The van der Waals surface area contributed by atoms with Crippen LogP contribution in [0.1, 0.15) is 52.3 Å². The normalized spacial score (nSPS) is 14.8. The second-order valence-electron chi connectivity index (χ2n) is 7.33. The largest absolute Gasteiger partial charge is 0.436 e. The van der Waals surface area contributed by atoms with Gasteiger partial charge < -0.3 is 14.6 Å². The van der Waals surface area contributed by atoms with E-state index in [1.54, 1.807) is 26.2 Å². The molecule has 3 aromatic rings. The van der Waals surface area contributed by atoms with Crippen molar-refractivity contribution in [2.75, 3.05) is 18.4 Å². The Morgan fingerprint density at radius 2 is 1.86 bits per heavy atom. The van der Waals surface area contributed by atoms with Crippen molar-refractivity contribution in [2.45, 2.75) is 39.5 Å². The lowest BCUT2D eigenvalue weighted by molar-refractivity contribution is 0.0677. The van der Waals surface area contributed by atoms with Gasteiger partial charge in [-0.2, -0.15) is 0 Å². The zero-order valence-corrected chi connectivity index (χ0v) is 16.8. The van der Waals surface area contributed by atoms with Crippen molar-refractivity contribution < 1.29 is 9.21 Å². The molecule has 1 aliphatic heterocycles. The molecule has 0 atom stereocenters. The van der Waals surface area contributed by atoms with Crippen molar-refractivity contribution in [1.29, 1.82) is 0 Å². The second kappa shape index (κ2) is 7.98. The van der Waals surface area contributed by atoms with Crippen LogP contribution in [0.5, 0.6) is 0 Å². The zero-order valence-electron chi connectivity index (χ0n) is 16.8. The Balaban J connectivity index is 1.41. The molecule has 1 fully saturated rings. The van der Waals surface area contributed by atoms with Gasteiger partial charge in [0.15, 0.2) is 5.89 Å². The van der Waals surface area contributed by atoms with Gasteiger partial charge in [0.2, 0.25) is 5.76 Å². The summed E-state index contributed by atoms with van der Waals surface area (Å²) in [6.45, 7) is 6.81. The first kappa shape index (κ1) is 19.0.